The minimum absolute atomic E-state index is 0.0509. The Kier molecular flexibility index (Phi) is 6.49. The molecule has 1 saturated heterocycles. The number of ether oxygens (including phenoxy) is 1. The van der Waals surface area contributed by atoms with Crippen LogP contribution in [0, 0.1) is 11.3 Å². The smallest absolute Gasteiger partial charge is 0.251 e. The van der Waals surface area contributed by atoms with E-state index in [2.05, 4.69) is 22.8 Å². The van der Waals surface area contributed by atoms with E-state index in [4.69, 9.17) is 4.74 Å². The molecule has 1 heterocycles. The van der Waals surface area contributed by atoms with Crippen molar-refractivity contribution in [2.45, 2.75) is 45.4 Å². The van der Waals surface area contributed by atoms with Crippen molar-refractivity contribution in [1.29, 1.82) is 0 Å². The molecule has 4 heteroatoms. The maximum atomic E-state index is 12.6. The van der Waals surface area contributed by atoms with Gasteiger partial charge < -0.3 is 15.4 Å². The molecule has 1 saturated carbocycles. The number of piperidine rings is 1. The minimum atomic E-state index is 0.0509. The van der Waals surface area contributed by atoms with E-state index in [0.29, 0.717) is 0 Å². The van der Waals surface area contributed by atoms with Gasteiger partial charge in [0.25, 0.3) is 5.91 Å². The van der Waals surface area contributed by atoms with Crippen molar-refractivity contribution in [3.8, 4) is 0 Å². The van der Waals surface area contributed by atoms with Crippen LogP contribution in [-0.4, -0.2) is 38.8 Å². The third kappa shape index (κ3) is 5.05. The molecule has 4 nitrogen and oxygen atoms in total. The summed E-state index contributed by atoms with van der Waals surface area (Å²) < 4.78 is 5.63. The Balaban J connectivity index is 1.53. The average molecular weight is 344 g/mol. The number of rotatable bonds is 8. The number of benzene rings is 1. The van der Waals surface area contributed by atoms with Crippen LogP contribution in [-0.2, 0) is 11.2 Å². The van der Waals surface area contributed by atoms with Crippen LogP contribution in [0.25, 0.3) is 0 Å². The summed E-state index contributed by atoms with van der Waals surface area (Å²) in [5.41, 5.74) is 2.24. The second kappa shape index (κ2) is 8.81. The number of nitrogens with one attached hydrogen (secondary N) is 2. The topological polar surface area (TPSA) is 50.4 Å². The summed E-state index contributed by atoms with van der Waals surface area (Å²) in [5, 5.41) is 6.56. The first-order valence-corrected chi connectivity index (χ1v) is 9.86. The second-order valence-electron chi connectivity index (χ2n) is 7.77. The fourth-order valence-electron chi connectivity index (χ4n) is 4.00. The van der Waals surface area contributed by atoms with Crippen LogP contribution in [0.3, 0.4) is 0 Å². The highest BCUT2D eigenvalue weighted by atomic mass is 16.5. The molecule has 3 rings (SSSR count). The van der Waals surface area contributed by atoms with Crippen molar-refractivity contribution in [1.82, 2.24) is 10.6 Å². The number of hydrogen-bond donors (Lipinski definition) is 2. The summed E-state index contributed by atoms with van der Waals surface area (Å²) in [4.78, 5) is 12.6. The van der Waals surface area contributed by atoms with Gasteiger partial charge >= 0.3 is 0 Å². The first-order chi connectivity index (χ1) is 12.2. The molecule has 0 aromatic heterocycles. The average Bonchev–Trinajstić information content (AvgIpc) is 2.61. The van der Waals surface area contributed by atoms with Crippen molar-refractivity contribution in [3.63, 3.8) is 0 Å². The maximum Gasteiger partial charge on any atom is 0.251 e. The van der Waals surface area contributed by atoms with Gasteiger partial charge in [0.15, 0.2) is 0 Å². The lowest BCUT2D eigenvalue weighted by Crippen LogP contribution is -2.45. The quantitative estimate of drug-likeness (QED) is 0.762. The van der Waals surface area contributed by atoms with Crippen LogP contribution in [0.1, 0.15) is 54.9 Å². The summed E-state index contributed by atoms with van der Waals surface area (Å²) >= 11 is 0. The minimum Gasteiger partial charge on any atom is -0.381 e. The molecular weight excluding hydrogens is 312 g/mol. The molecule has 0 atom stereocenters. The lowest BCUT2D eigenvalue weighted by atomic mass is 9.69. The van der Waals surface area contributed by atoms with Crippen LogP contribution < -0.4 is 10.6 Å². The van der Waals surface area contributed by atoms with Crippen molar-refractivity contribution in [2.24, 2.45) is 11.3 Å². The van der Waals surface area contributed by atoms with Gasteiger partial charge in [-0.05, 0) is 75.7 Å². The molecule has 1 aromatic carbocycles. The van der Waals surface area contributed by atoms with Gasteiger partial charge in [0, 0.05) is 24.1 Å². The van der Waals surface area contributed by atoms with Gasteiger partial charge in [-0.1, -0.05) is 18.6 Å². The molecule has 2 N–H and O–H groups in total. The highest BCUT2D eigenvalue weighted by Crippen LogP contribution is 2.40. The molecule has 1 aliphatic carbocycles. The number of amides is 1. The van der Waals surface area contributed by atoms with E-state index >= 15 is 0 Å². The number of carbonyl (C=O) groups excluding carboxylic acids is 1. The van der Waals surface area contributed by atoms with Gasteiger partial charge in [0.1, 0.15) is 0 Å². The van der Waals surface area contributed by atoms with Crippen molar-refractivity contribution < 1.29 is 9.53 Å². The molecule has 0 unspecified atom stereocenters. The Morgan fingerprint density at radius 3 is 2.80 bits per heavy atom. The summed E-state index contributed by atoms with van der Waals surface area (Å²) in [7, 11) is 0. The molecule has 1 aliphatic heterocycles. The van der Waals surface area contributed by atoms with E-state index in [9.17, 15) is 4.79 Å². The lowest BCUT2D eigenvalue weighted by molar-refractivity contribution is -0.000183. The molecule has 1 amide bonds. The van der Waals surface area contributed by atoms with E-state index in [1.807, 2.05) is 19.1 Å². The Labute approximate surface area is 151 Å². The summed E-state index contributed by atoms with van der Waals surface area (Å²) in [6, 6.07) is 8.18. The van der Waals surface area contributed by atoms with Gasteiger partial charge in [-0.2, -0.15) is 0 Å². The highest BCUT2D eigenvalue weighted by molar-refractivity contribution is 5.94. The third-order valence-electron chi connectivity index (χ3n) is 5.82. The SMILES string of the molecule is CCOCC1(CNC(=O)c2cccc(CC3CCNCC3)c2)CCC1. The number of carbonyl (C=O) groups is 1. The van der Waals surface area contributed by atoms with Crippen LogP contribution >= 0.6 is 0 Å². The van der Waals surface area contributed by atoms with E-state index in [0.717, 1.165) is 63.6 Å². The first kappa shape index (κ1) is 18.4. The molecule has 2 fully saturated rings. The Morgan fingerprint density at radius 2 is 2.12 bits per heavy atom. The highest BCUT2D eigenvalue weighted by Gasteiger charge is 2.37. The van der Waals surface area contributed by atoms with E-state index in [1.165, 1.54) is 24.8 Å². The largest absolute Gasteiger partial charge is 0.381 e. The predicted molar refractivity (Wildman–Crippen MR) is 101 cm³/mol. The Morgan fingerprint density at radius 1 is 1.32 bits per heavy atom. The summed E-state index contributed by atoms with van der Waals surface area (Å²) in [6.07, 6.45) is 7.10. The Hall–Kier alpha value is -1.39. The zero-order chi connectivity index (χ0) is 17.5. The molecular formula is C21H32N2O2. The molecule has 0 spiro atoms. The summed E-state index contributed by atoms with van der Waals surface area (Å²) in [6.45, 7) is 6.50. The monoisotopic (exact) mass is 344 g/mol. The zero-order valence-electron chi connectivity index (χ0n) is 15.5. The van der Waals surface area contributed by atoms with Crippen LogP contribution in [0.15, 0.2) is 24.3 Å². The van der Waals surface area contributed by atoms with Gasteiger partial charge in [-0.15, -0.1) is 0 Å². The Bertz CT molecular complexity index is 563. The van der Waals surface area contributed by atoms with Gasteiger partial charge in [-0.25, -0.2) is 0 Å². The molecule has 0 bridgehead atoms. The van der Waals surface area contributed by atoms with Gasteiger partial charge in [0.2, 0.25) is 0 Å². The van der Waals surface area contributed by atoms with Crippen molar-refractivity contribution in [2.75, 3.05) is 32.8 Å². The van der Waals surface area contributed by atoms with Crippen molar-refractivity contribution in [3.05, 3.63) is 35.4 Å². The van der Waals surface area contributed by atoms with Gasteiger partial charge in [-0.3, -0.25) is 4.79 Å². The maximum absolute atomic E-state index is 12.6. The molecule has 25 heavy (non-hydrogen) atoms. The van der Waals surface area contributed by atoms with E-state index < -0.39 is 0 Å². The van der Waals surface area contributed by atoms with Gasteiger partial charge in [0.05, 0.1) is 6.61 Å². The molecule has 2 aliphatic rings. The standard InChI is InChI=1S/C21H32N2O2/c1-2-25-16-21(9-4-10-21)15-23-20(24)19-6-3-5-18(14-19)13-17-7-11-22-12-8-17/h3,5-6,14,17,22H,2,4,7-13,15-16H2,1H3,(H,23,24). The molecule has 0 radical (unpaired) electrons. The number of hydrogen-bond acceptors (Lipinski definition) is 3. The lowest BCUT2D eigenvalue weighted by Gasteiger charge is -2.41. The zero-order valence-corrected chi connectivity index (χ0v) is 15.5. The fraction of sp³-hybridized carbons (Fsp3) is 0.667. The molecule has 1 aromatic rings. The predicted octanol–water partition coefficient (Wildman–Crippen LogP) is 3.17. The summed E-state index contributed by atoms with van der Waals surface area (Å²) in [5.74, 6) is 0.791. The fourth-order valence-corrected chi connectivity index (χ4v) is 4.00. The van der Waals surface area contributed by atoms with Crippen molar-refractivity contribution >= 4 is 5.91 Å². The third-order valence-corrected chi connectivity index (χ3v) is 5.82. The van der Waals surface area contributed by atoms with E-state index in [1.54, 1.807) is 0 Å². The van der Waals surface area contributed by atoms with Crippen LogP contribution in [0.5, 0.6) is 0 Å². The second-order valence-corrected chi connectivity index (χ2v) is 7.77. The van der Waals surface area contributed by atoms with Crippen LogP contribution in [0.2, 0.25) is 0 Å². The normalized spacial score (nSPS) is 20.0. The first-order valence-electron chi connectivity index (χ1n) is 9.86. The molecule has 138 valence electrons. The van der Waals surface area contributed by atoms with E-state index in [-0.39, 0.29) is 11.3 Å². The van der Waals surface area contributed by atoms with Crippen LogP contribution in [0.4, 0.5) is 0 Å².